The van der Waals surface area contributed by atoms with Gasteiger partial charge in [-0.15, -0.1) is 0 Å². The molecule has 3 aromatic rings. The molecule has 0 radical (unpaired) electrons. The van der Waals surface area contributed by atoms with Crippen LogP contribution in [0.2, 0.25) is 0 Å². The smallest absolute Gasteiger partial charge is 0.410 e. The van der Waals surface area contributed by atoms with Crippen LogP contribution in [0, 0.1) is 5.92 Å². The Kier molecular flexibility index (Phi) is 9.12. The quantitative estimate of drug-likeness (QED) is 0.307. The topological polar surface area (TPSA) is 70.2 Å². The molecule has 0 bridgehead atoms. The van der Waals surface area contributed by atoms with E-state index >= 15 is 0 Å². The Morgan fingerprint density at radius 3 is 2.12 bits per heavy atom. The molecule has 5 rings (SSSR count). The number of sulfonamides is 1. The molecule has 3 aromatic carbocycles. The average molecular weight is 576 g/mol. The number of nitrogens with zero attached hydrogens (tertiary/aromatic N) is 3. The fourth-order valence-electron chi connectivity index (χ4n) is 6.35. The minimum Gasteiger partial charge on any atom is -0.445 e. The van der Waals surface area contributed by atoms with Crippen LogP contribution in [-0.2, 0) is 26.8 Å². The van der Waals surface area contributed by atoms with Crippen molar-refractivity contribution in [3.8, 4) is 0 Å². The molecule has 0 N–H and O–H groups in total. The Balaban J connectivity index is 1.19. The van der Waals surface area contributed by atoms with Crippen molar-refractivity contribution < 1.29 is 17.9 Å². The summed E-state index contributed by atoms with van der Waals surface area (Å²) >= 11 is 0. The van der Waals surface area contributed by atoms with Crippen molar-refractivity contribution in [3.05, 3.63) is 102 Å². The van der Waals surface area contributed by atoms with Crippen LogP contribution in [0.3, 0.4) is 0 Å². The monoisotopic (exact) mass is 575 g/mol. The van der Waals surface area contributed by atoms with Crippen LogP contribution in [0.15, 0.2) is 95.9 Å². The number of carbonyl (C=O) groups excluding carboxylic acids is 1. The molecule has 41 heavy (non-hydrogen) atoms. The van der Waals surface area contributed by atoms with Crippen molar-refractivity contribution in [2.45, 2.75) is 49.1 Å². The van der Waals surface area contributed by atoms with Gasteiger partial charge in [0.2, 0.25) is 10.0 Å². The minimum atomic E-state index is -3.58. The maximum Gasteiger partial charge on any atom is 0.410 e. The van der Waals surface area contributed by atoms with E-state index in [1.807, 2.05) is 66.4 Å². The molecule has 2 atom stereocenters. The first-order valence-corrected chi connectivity index (χ1v) is 16.0. The molecule has 1 aliphatic carbocycles. The summed E-state index contributed by atoms with van der Waals surface area (Å²) in [6, 6.07) is 29.0. The largest absolute Gasteiger partial charge is 0.445 e. The van der Waals surface area contributed by atoms with Gasteiger partial charge in [0.25, 0.3) is 0 Å². The third kappa shape index (κ3) is 6.66. The Bertz CT molecular complexity index is 1380. The van der Waals surface area contributed by atoms with Gasteiger partial charge in [0.05, 0.1) is 4.90 Å². The summed E-state index contributed by atoms with van der Waals surface area (Å²) < 4.78 is 33.9. The lowest BCUT2D eigenvalue weighted by Crippen LogP contribution is -2.48. The number of ether oxygens (including phenoxy) is 1. The third-order valence-electron chi connectivity index (χ3n) is 8.79. The van der Waals surface area contributed by atoms with E-state index in [0.29, 0.717) is 23.9 Å². The Hall–Kier alpha value is -3.20. The van der Waals surface area contributed by atoms with Gasteiger partial charge < -0.3 is 14.5 Å². The highest BCUT2D eigenvalue weighted by molar-refractivity contribution is 7.89. The fourth-order valence-corrected chi connectivity index (χ4v) is 7.61. The van der Waals surface area contributed by atoms with Crippen LogP contribution in [-0.4, -0.2) is 74.4 Å². The number of amides is 1. The average Bonchev–Trinajstić information content (AvgIpc) is 3.71. The third-order valence-corrected chi connectivity index (χ3v) is 10.6. The van der Waals surface area contributed by atoms with Crippen molar-refractivity contribution in [3.63, 3.8) is 0 Å². The van der Waals surface area contributed by atoms with E-state index < -0.39 is 10.0 Å². The molecule has 0 aromatic heterocycles. The van der Waals surface area contributed by atoms with Gasteiger partial charge >= 0.3 is 6.09 Å². The highest BCUT2D eigenvalue weighted by Gasteiger charge is 2.56. The summed E-state index contributed by atoms with van der Waals surface area (Å²) in [5, 5.41) is 0. The van der Waals surface area contributed by atoms with Gasteiger partial charge in [0.15, 0.2) is 0 Å². The van der Waals surface area contributed by atoms with Crippen LogP contribution in [0.1, 0.15) is 37.3 Å². The zero-order valence-electron chi connectivity index (χ0n) is 24.1. The zero-order chi connectivity index (χ0) is 28.9. The molecule has 1 saturated carbocycles. The SMILES string of the molecule is CCN(C(=O)OCc1ccccc1)C1CCN(C[C@@H]2CC2(CN(C)S(=O)(=O)c2ccccc2)c2ccccc2)CC1. The summed E-state index contributed by atoms with van der Waals surface area (Å²) in [5.41, 5.74) is 1.99. The first-order chi connectivity index (χ1) is 19.8. The first kappa shape index (κ1) is 29.3. The molecule has 1 amide bonds. The van der Waals surface area contributed by atoms with Crippen molar-refractivity contribution >= 4 is 16.1 Å². The molecule has 7 nitrogen and oxygen atoms in total. The van der Waals surface area contributed by atoms with Crippen LogP contribution in [0.4, 0.5) is 4.79 Å². The highest BCUT2D eigenvalue weighted by atomic mass is 32.2. The summed E-state index contributed by atoms with van der Waals surface area (Å²) in [6.45, 7) is 6.11. The number of likely N-dealkylation sites (N-methyl/N-ethyl adjacent to an activating group) is 1. The van der Waals surface area contributed by atoms with Crippen molar-refractivity contribution in [1.82, 2.24) is 14.1 Å². The lowest BCUT2D eigenvalue weighted by atomic mass is 9.92. The van der Waals surface area contributed by atoms with E-state index in [1.54, 1.807) is 31.3 Å². The Labute approximate surface area is 244 Å². The molecule has 218 valence electrons. The van der Waals surface area contributed by atoms with E-state index in [2.05, 4.69) is 17.0 Å². The molecule has 1 aliphatic heterocycles. The summed E-state index contributed by atoms with van der Waals surface area (Å²) in [7, 11) is -1.88. The number of benzene rings is 3. The number of carbonyl (C=O) groups is 1. The number of piperidine rings is 1. The molecule has 0 spiro atoms. The highest BCUT2D eigenvalue weighted by Crippen LogP contribution is 2.55. The molecule has 1 saturated heterocycles. The van der Waals surface area contributed by atoms with Crippen LogP contribution in [0.5, 0.6) is 0 Å². The standard InChI is InChI=1S/C33H41N3O4S/c1-3-36(32(37)40-25-27-13-7-4-8-14-27)30-19-21-35(22-20-30)24-29-23-33(29,28-15-9-5-10-16-28)26-34(2)41(38,39)31-17-11-6-12-18-31/h4-18,29-30H,3,19-26H2,1-2H3/t29-,33?/m0/s1. The Morgan fingerprint density at radius 1 is 0.927 bits per heavy atom. The van der Waals surface area contributed by atoms with Gasteiger partial charge in [-0.25, -0.2) is 17.5 Å². The fraction of sp³-hybridized carbons (Fsp3) is 0.424. The van der Waals surface area contributed by atoms with E-state index in [4.69, 9.17) is 4.74 Å². The van der Waals surface area contributed by atoms with Gasteiger partial charge in [-0.05, 0) is 55.4 Å². The molecule has 1 heterocycles. The number of hydrogen-bond acceptors (Lipinski definition) is 5. The number of rotatable bonds is 11. The summed E-state index contributed by atoms with van der Waals surface area (Å²) in [4.78, 5) is 17.6. The van der Waals surface area contributed by atoms with E-state index in [0.717, 1.165) is 44.5 Å². The summed E-state index contributed by atoms with van der Waals surface area (Å²) in [6.07, 6.45) is 2.52. The van der Waals surface area contributed by atoms with Gasteiger partial charge in [-0.3, -0.25) is 0 Å². The van der Waals surface area contributed by atoms with E-state index in [-0.39, 0.29) is 24.2 Å². The maximum absolute atomic E-state index is 13.3. The molecule has 1 unspecified atom stereocenters. The predicted molar refractivity (Wildman–Crippen MR) is 161 cm³/mol. The lowest BCUT2D eigenvalue weighted by Gasteiger charge is -2.38. The predicted octanol–water partition coefficient (Wildman–Crippen LogP) is 5.39. The Morgan fingerprint density at radius 2 is 1.51 bits per heavy atom. The van der Waals surface area contributed by atoms with Gasteiger partial charge in [-0.2, -0.15) is 0 Å². The van der Waals surface area contributed by atoms with E-state index in [9.17, 15) is 13.2 Å². The number of hydrogen-bond donors (Lipinski definition) is 0. The van der Waals surface area contributed by atoms with Crippen LogP contribution in [0.25, 0.3) is 0 Å². The molecular weight excluding hydrogens is 534 g/mol. The zero-order valence-corrected chi connectivity index (χ0v) is 24.9. The molecule has 8 heteroatoms. The van der Waals surface area contributed by atoms with Crippen molar-refractivity contribution in [2.75, 3.05) is 39.8 Å². The van der Waals surface area contributed by atoms with Gasteiger partial charge in [-0.1, -0.05) is 78.9 Å². The van der Waals surface area contributed by atoms with Crippen LogP contribution < -0.4 is 0 Å². The van der Waals surface area contributed by atoms with Crippen molar-refractivity contribution in [2.24, 2.45) is 5.92 Å². The van der Waals surface area contributed by atoms with Crippen LogP contribution >= 0.6 is 0 Å². The number of likely N-dealkylation sites (tertiary alicyclic amines) is 1. The first-order valence-electron chi connectivity index (χ1n) is 14.6. The molecular formula is C33H41N3O4S. The normalized spacial score (nSPS) is 21.5. The van der Waals surface area contributed by atoms with Gasteiger partial charge in [0, 0.05) is 51.2 Å². The molecule has 2 fully saturated rings. The second-order valence-electron chi connectivity index (χ2n) is 11.4. The lowest BCUT2D eigenvalue weighted by molar-refractivity contribution is 0.0620. The second kappa shape index (κ2) is 12.8. The minimum absolute atomic E-state index is 0.166. The molecule has 2 aliphatic rings. The maximum atomic E-state index is 13.3. The van der Waals surface area contributed by atoms with Crippen molar-refractivity contribution in [1.29, 1.82) is 0 Å². The van der Waals surface area contributed by atoms with Gasteiger partial charge in [0.1, 0.15) is 6.61 Å². The van der Waals surface area contributed by atoms with E-state index in [1.165, 1.54) is 9.87 Å². The second-order valence-corrected chi connectivity index (χ2v) is 13.4. The summed E-state index contributed by atoms with van der Waals surface area (Å²) in [5.74, 6) is 0.369.